The molecule has 1 unspecified atom stereocenters. The number of methoxy groups -OCH3 is 1. The van der Waals surface area contributed by atoms with E-state index >= 15 is 0 Å². The van der Waals surface area contributed by atoms with Crippen molar-refractivity contribution in [1.29, 1.82) is 0 Å². The van der Waals surface area contributed by atoms with Crippen LogP contribution < -0.4 is 10.0 Å². The Labute approximate surface area is 161 Å². The standard InChI is InChI=1S/C18H20N2O5S2/c1-25-17(21)11-15(16-3-2-10-26-16)19-18(22)12-4-8-14(9-5-12)27(23,24)20-13-6-7-13/h2-5,8-10,13,15,20H,6-7,11H2,1H3,(H,19,22). The lowest BCUT2D eigenvalue weighted by atomic mass is 10.1. The number of carbonyl (C=O) groups is 2. The van der Waals surface area contributed by atoms with Gasteiger partial charge in [0.25, 0.3) is 5.91 Å². The van der Waals surface area contributed by atoms with Crippen LogP contribution >= 0.6 is 11.3 Å². The lowest BCUT2D eigenvalue weighted by molar-refractivity contribution is -0.141. The van der Waals surface area contributed by atoms with E-state index in [0.29, 0.717) is 5.56 Å². The maximum absolute atomic E-state index is 12.5. The Morgan fingerprint density at radius 1 is 1.22 bits per heavy atom. The molecule has 1 saturated carbocycles. The van der Waals surface area contributed by atoms with Crippen molar-refractivity contribution in [2.45, 2.75) is 36.2 Å². The zero-order chi connectivity index (χ0) is 19.4. The van der Waals surface area contributed by atoms with Crippen LogP contribution in [0.5, 0.6) is 0 Å². The predicted molar refractivity (Wildman–Crippen MR) is 101 cm³/mol. The van der Waals surface area contributed by atoms with Crippen molar-refractivity contribution in [2.75, 3.05) is 7.11 Å². The number of ether oxygens (including phenoxy) is 1. The van der Waals surface area contributed by atoms with E-state index in [1.165, 1.54) is 42.7 Å². The summed E-state index contributed by atoms with van der Waals surface area (Å²) in [7, 11) is -2.26. The molecule has 1 amide bonds. The van der Waals surface area contributed by atoms with E-state index in [0.717, 1.165) is 17.7 Å². The molecule has 144 valence electrons. The van der Waals surface area contributed by atoms with Crippen molar-refractivity contribution < 1.29 is 22.7 Å². The Balaban J connectivity index is 1.71. The fraction of sp³-hybridized carbons (Fsp3) is 0.333. The van der Waals surface area contributed by atoms with Gasteiger partial charge in [0.1, 0.15) is 0 Å². The molecule has 9 heteroatoms. The fourth-order valence-electron chi connectivity index (χ4n) is 2.48. The highest BCUT2D eigenvalue weighted by Crippen LogP contribution is 2.24. The minimum atomic E-state index is -3.56. The molecular weight excluding hydrogens is 388 g/mol. The van der Waals surface area contributed by atoms with E-state index in [1.807, 2.05) is 17.5 Å². The highest BCUT2D eigenvalue weighted by atomic mass is 32.2. The number of thiophene rings is 1. The summed E-state index contributed by atoms with van der Waals surface area (Å²) in [5.74, 6) is -0.822. The summed E-state index contributed by atoms with van der Waals surface area (Å²) in [6.07, 6.45) is 1.72. The van der Waals surface area contributed by atoms with E-state index in [1.54, 1.807) is 0 Å². The van der Waals surface area contributed by atoms with Crippen LogP contribution in [-0.4, -0.2) is 33.4 Å². The van der Waals surface area contributed by atoms with Gasteiger partial charge in [0.15, 0.2) is 0 Å². The highest BCUT2D eigenvalue weighted by Gasteiger charge is 2.28. The fourth-order valence-corrected chi connectivity index (χ4v) is 4.56. The molecule has 1 aliphatic rings. The topological polar surface area (TPSA) is 102 Å². The second-order valence-electron chi connectivity index (χ2n) is 6.24. The van der Waals surface area contributed by atoms with Gasteiger partial charge in [0.05, 0.1) is 24.5 Å². The molecule has 0 aliphatic heterocycles. The molecule has 3 rings (SSSR count). The van der Waals surface area contributed by atoms with Crippen LogP contribution in [0.15, 0.2) is 46.7 Å². The van der Waals surface area contributed by atoms with E-state index in [2.05, 4.69) is 10.0 Å². The van der Waals surface area contributed by atoms with Gasteiger partial charge in [-0.15, -0.1) is 11.3 Å². The van der Waals surface area contributed by atoms with Crippen LogP contribution in [0.25, 0.3) is 0 Å². The molecule has 1 aliphatic carbocycles. The van der Waals surface area contributed by atoms with Crippen molar-refractivity contribution in [3.05, 3.63) is 52.2 Å². The summed E-state index contributed by atoms with van der Waals surface area (Å²) in [6.45, 7) is 0. The molecule has 27 heavy (non-hydrogen) atoms. The lowest BCUT2D eigenvalue weighted by Crippen LogP contribution is -2.30. The first-order valence-corrected chi connectivity index (χ1v) is 10.8. The zero-order valence-corrected chi connectivity index (χ0v) is 16.3. The van der Waals surface area contributed by atoms with Crippen LogP contribution in [0.1, 0.15) is 40.5 Å². The Bertz CT molecular complexity index is 904. The smallest absolute Gasteiger partial charge is 0.307 e. The summed E-state index contributed by atoms with van der Waals surface area (Å²) < 4.78 is 31.7. The molecule has 0 radical (unpaired) electrons. The Kier molecular flexibility index (Phi) is 5.93. The summed E-state index contributed by atoms with van der Waals surface area (Å²) in [5, 5.41) is 4.67. The van der Waals surface area contributed by atoms with Crippen molar-refractivity contribution >= 4 is 33.2 Å². The number of benzene rings is 1. The number of carbonyl (C=O) groups excluding carboxylic acids is 2. The minimum Gasteiger partial charge on any atom is -0.469 e. The normalized spacial score (nSPS) is 15.1. The molecule has 0 spiro atoms. The number of hydrogen-bond acceptors (Lipinski definition) is 6. The van der Waals surface area contributed by atoms with Gasteiger partial charge < -0.3 is 10.1 Å². The molecule has 2 aromatic rings. The maximum Gasteiger partial charge on any atom is 0.307 e. The summed E-state index contributed by atoms with van der Waals surface area (Å²) in [5.41, 5.74) is 0.312. The number of esters is 1. The molecule has 1 heterocycles. The molecule has 1 aromatic heterocycles. The molecule has 0 saturated heterocycles. The second-order valence-corrected chi connectivity index (χ2v) is 8.93. The number of rotatable bonds is 8. The quantitative estimate of drug-likeness (QED) is 0.652. The molecule has 1 fully saturated rings. The zero-order valence-electron chi connectivity index (χ0n) is 14.7. The molecule has 2 N–H and O–H groups in total. The summed E-state index contributed by atoms with van der Waals surface area (Å²) in [6, 6.07) is 8.90. The minimum absolute atomic E-state index is 0.0144. The monoisotopic (exact) mass is 408 g/mol. The van der Waals surface area contributed by atoms with Crippen LogP contribution in [-0.2, 0) is 19.6 Å². The summed E-state index contributed by atoms with van der Waals surface area (Å²) >= 11 is 1.43. The van der Waals surface area contributed by atoms with Crippen molar-refractivity contribution in [3.8, 4) is 0 Å². The second kappa shape index (κ2) is 8.20. The first-order chi connectivity index (χ1) is 12.9. The van der Waals surface area contributed by atoms with Crippen molar-refractivity contribution in [2.24, 2.45) is 0 Å². The van der Waals surface area contributed by atoms with Crippen LogP contribution in [0.3, 0.4) is 0 Å². The SMILES string of the molecule is COC(=O)CC(NC(=O)c1ccc(S(=O)(=O)NC2CC2)cc1)c1cccs1. The largest absolute Gasteiger partial charge is 0.469 e. The molecule has 7 nitrogen and oxygen atoms in total. The number of nitrogens with one attached hydrogen (secondary N) is 2. The molecule has 0 bridgehead atoms. The molecular formula is C18H20N2O5S2. The van der Waals surface area contributed by atoms with Gasteiger partial charge in [-0.05, 0) is 48.6 Å². The van der Waals surface area contributed by atoms with E-state index < -0.39 is 27.9 Å². The van der Waals surface area contributed by atoms with Gasteiger partial charge in [-0.1, -0.05) is 6.07 Å². The highest BCUT2D eigenvalue weighted by molar-refractivity contribution is 7.89. The van der Waals surface area contributed by atoms with Gasteiger partial charge in [-0.2, -0.15) is 0 Å². The first kappa shape index (κ1) is 19.5. The Morgan fingerprint density at radius 2 is 1.93 bits per heavy atom. The van der Waals surface area contributed by atoms with Gasteiger partial charge in [0.2, 0.25) is 10.0 Å². The predicted octanol–water partition coefficient (Wildman–Crippen LogP) is 2.22. The lowest BCUT2D eigenvalue weighted by Gasteiger charge is -2.16. The number of amides is 1. The average molecular weight is 409 g/mol. The third-order valence-corrected chi connectivity index (χ3v) is 6.64. The van der Waals surface area contributed by atoms with Crippen LogP contribution in [0, 0.1) is 0 Å². The third-order valence-electron chi connectivity index (χ3n) is 4.12. The van der Waals surface area contributed by atoms with Gasteiger partial charge in [-0.3, -0.25) is 9.59 Å². The Hall–Kier alpha value is -2.23. The van der Waals surface area contributed by atoms with Gasteiger partial charge >= 0.3 is 5.97 Å². The van der Waals surface area contributed by atoms with Gasteiger partial charge in [0, 0.05) is 16.5 Å². The van der Waals surface area contributed by atoms with Crippen molar-refractivity contribution in [1.82, 2.24) is 10.0 Å². The van der Waals surface area contributed by atoms with Gasteiger partial charge in [-0.25, -0.2) is 13.1 Å². The van der Waals surface area contributed by atoms with Crippen LogP contribution in [0.2, 0.25) is 0 Å². The third kappa shape index (κ3) is 5.15. The van der Waals surface area contributed by atoms with E-state index in [-0.39, 0.29) is 17.4 Å². The number of hydrogen-bond donors (Lipinski definition) is 2. The Morgan fingerprint density at radius 3 is 2.48 bits per heavy atom. The molecule has 1 atom stereocenters. The van der Waals surface area contributed by atoms with Crippen molar-refractivity contribution in [3.63, 3.8) is 0 Å². The summed E-state index contributed by atoms with van der Waals surface area (Å²) in [4.78, 5) is 25.1. The molecule has 1 aromatic carbocycles. The van der Waals surface area contributed by atoms with E-state index in [4.69, 9.17) is 4.74 Å². The van der Waals surface area contributed by atoms with Crippen LogP contribution in [0.4, 0.5) is 0 Å². The van der Waals surface area contributed by atoms with E-state index in [9.17, 15) is 18.0 Å². The number of sulfonamides is 1. The average Bonchev–Trinajstić information content (AvgIpc) is 3.28. The first-order valence-electron chi connectivity index (χ1n) is 8.42. The maximum atomic E-state index is 12.5.